The maximum Gasteiger partial charge on any atom is 0.310 e. The fourth-order valence-corrected chi connectivity index (χ4v) is 6.79. The van der Waals surface area contributed by atoms with Crippen molar-refractivity contribution in [1.82, 2.24) is 0 Å². The molecule has 4 aliphatic carbocycles. The molecular weight excluding hydrogens is 380 g/mol. The normalized spacial score (nSPS) is 48.1. The van der Waals surface area contributed by atoms with Crippen LogP contribution in [0, 0.1) is 39.9 Å². The highest BCUT2D eigenvalue weighted by Crippen LogP contribution is 2.69. The minimum atomic E-state index is -2.13. The molecule has 0 heterocycles. The highest BCUT2D eigenvalue weighted by atomic mass is 19.1. The molecule has 0 aromatic carbocycles. The summed E-state index contributed by atoms with van der Waals surface area (Å²) < 4.78 is 37.0. The number of nitrogens with zero attached hydrogens (tertiary/aromatic N) is 1. The minimum Gasteiger partial charge on any atom is -0.450 e. The maximum atomic E-state index is 16.8. The molecule has 3 fully saturated rings. The van der Waals surface area contributed by atoms with Crippen molar-refractivity contribution in [3.63, 3.8) is 0 Å². The zero-order valence-electron chi connectivity index (χ0n) is 16.5. The van der Waals surface area contributed by atoms with Gasteiger partial charge < -0.3 is 9.84 Å². The van der Waals surface area contributed by atoms with Gasteiger partial charge in [0.15, 0.2) is 18.1 Å². The Morgan fingerprint density at radius 2 is 2.10 bits per heavy atom. The van der Waals surface area contributed by atoms with Crippen LogP contribution >= 0.6 is 0 Å². The number of esters is 1. The zero-order valence-corrected chi connectivity index (χ0v) is 16.5. The number of rotatable bonds is 2. The van der Waals surface area contributed by atoms with Gasteiger partial charge in [0.1, 0.15) is 12.2 Å². The molecule has 29 heavy (non-hydrogen) atoms. The van der Waals surface area contributed by atoms with Crippen LogP contribution in [-0.4, -0.2) is 41.4 Å². The number of halogens is 2. The summed E-state index contributed by atoms with van der Waals surface area (Å²) in [5.41, 5.74) is -4.19. The molecule has 8 atom stereocenters. The summed E-state index contributed by atoms with van der Waals surface area (Å²) in [7, 11) is 0. The predicted octanol–water partition coefficient (Wildman–Crippen LogP) is 2.99. The Bertz CT molecular complexity index is 863. The Balaban J connectivity index is 1.74. The van der Waals surface area contributed by atoms with E-state index in [2.05, 4.69) is 0 Å². The van der Waals surface area contributed by atoms with Crippen molar-refractivity contribution in [2.75, 3.05) is 6.61 Å². The Morgan fingerprint density at radius 1 is 1.38 bits per heavy atom. The molecule has 0 amide bonds. The molecule has 1 unspecified atom stereocenters. The van der Waals surface area contributed by atoms with Crippen molar-refractivity contribution in [2.24, 2.45) is 28.6 Å². The third-order valence-electron chi connectivity index (χ3n) is 8.19. The molecule has 7 heteroatoms. The number of carbonyl (C=O) groups is 2. The quantitative estimate of drug-likeness (QED) is 0.714. The van der Waals surface area contributed by atoms with E-state index in [1.165, 1.54) is 18.2 Å². The summed E-state index contributed by atoms with van der Waals surface area (Å²) in [5.74, 6) is -2.55. The van der Waals surface area contributed by atoms with Gasteiger partial charge in [-0.1, -0.05) is 13.0 Å². The van der Waals surface area contributed by atoms with Crippen LogP contribution in [0.4, 0.5) is 8.78 Å². The molecule has 4 aliphatic rings. The number of hydrogen-bond acceptors (Lipinski definition) is 5. The van der Waals surface area contributed by atoms with E-state index in [4.69, 9.17) is 10.00 Å². The lowest BCUT2D eigenvalue weighted by molar-refractivity contribution is -0.204. The number of allylic oxidation sites excluding steroid dienone is 4. The SMILES string of the molecule is C[C@]12C[C@H](O)[C@@]3(F)[C@@H](C[C@H](F)C4=CC(=O)C=C[C@@]43C)C1CC[C@@H]2C(=O)OCC#N. The van der Waals surface area contributed by atoms with E-state index < -0.39 is 46.6 Å². The second-order valence-corrected chi connectivity index (χ2v) is 9.34. The minimum absolute atomic E-state index is 0.0403. The first kappa shape index (κ1) is 20.2. The largest absolute Gasteiger partial charge is 0.450 e. The first-order valence-corrected chi connectivity index (χ1v) is 10.1. The van der Waals surface area contributed by atoms with E-state index in [-0.39, 0.29) is 36.7 Å². The molecule has 0 aromatic heterocycles. The lowest BCUT2D eigenvalue weighted by Gasteiger charge is -2.62. The van der Waals surface area contributed by atoms with Crippen LogP contribution in [0.5, 0.6) is 0 Å². The fourth-order valence-electron chi connectivity index (χ4n) is 6.79. The standard InChI is InChI=1S/C22H25F2NO4/c1-20-11-18(27)22(24)15(13(20)3-4-14(20)19(28)29-8-7-25)10-17(23)16-9-12(26)5-6-21(16,22)2/h5-6,9,13-15,17-18,27H,3-4,8,10-11H2,1-2H3/t13?,14-,15+,17+,18+,20+,21+,22+/m1/s1. The van der Waals surface area contributed by atoms with Crippen molar-refractivity contribution >= 4 is 11.8 Å². The van der Waals surface area contributed by atoms with Gasteiger partial charge in [0.25, 0.3) is 0 Å². The summed E-state index contributed by atoms with van der Waals surface area (Å²) in [6.07, 6.45) is 1.80. The van der Waals surface area contributed by atoms with Crippen molar-refractivity contribution in [1.29, 1.82) is 5.26 Å². The van der Waals surface area contributed by atoms with Crippen LogP contribution in [-0.2, 0) is 14.3 Å². The van der Waals surface area contributed by atoms with E-state index in [1.54, 1.807) is 13.0 Å². The molecule has 0 bridgehead atoms. The molecule has 4 rings (SSSR count). The van der Waals surface area contributed by atoms with Crippen LogP contribution in [0.1, 0.15) is 39.5 Å². The summed E-state index contributed by atoms with van der Waals surface area (Å²) in [5, 5.41) is 19.7. The van der Waals surface area contributed by atoms with Crippen molar-refractivity contribution < 1.29 is 28.2 Å². The number of ketones is 1. The van der Waals surface area contributed by atoms with Gasteiger partial charge in [0.05, 0.1) is 12.0 Å². The second kappa shape index (κ2) is 6.46. The number of fused-ring (bicyclic) bond motifs is 5. The molecule has 5 nitrogen and oxygen atoms in total. The van der Waals surface area contributed by atoms with Crippen LogP contribution in [0.2, 0.25) is 0 Å². The van der Waals surface area contributed by atoms with Crippen LogP contribution in [0.25, 0.3) is 0 Å². The Kier molecular flexibility index (Phi) is 4.51. The van der Waals surface area contributed by atoms with Crippen LogP contribution in [0.3, 0.4) is 0 Å². The monoisotopic (exact) mass is 405 g/mol. The predicted molar refractivity (Wildman–Crippen MR) is 98.7 cm³/mol. The van der Waals surface area contributed by atoms with Gasteiger partial charge in [0, 0.05) is 11.3 Å². The van der Waals surface area contributed by atoms with Gasteiger partial charge in [-0.25, -0.2) is 8.78 Å². The first-order chi connectivity index (χ1) is 13.6. The lowest BCUT2D eigenvalue weighted by Crippen LogP contribution is -2.68. The molecule has 1 N–H and O–H groups in total. The van der Waals surface area contributed by atoms with Gasteiger partial charge in [-0.3, -0.25) is 9.59 Å². The summed E-state index contributed by atoms with van der Waals surface area (Å²) in [6, 6.07) is 1.77. The smallest absolute Gasteiger partial charge is 0.310 e. The van der Waals surface area contributed by atoms with Crippen molar-refractivity contribution in [3.05, 3.63) is 23.8 Å². The highest BCUT2D eigenvalue weighted by Gasteiger charge is 2.72. The number of carbonyl (C=O) groups excluding carboxylic acids is 2. The Labute approximate surface area is 168 Å². The van der Waals surface area contributed by atoms with Gasteiger partial charge in [0.2, 0.25) is 0 Å². The molecule has 0 aliphatic heterocycles. The topological polar surface area (TPSA) is 87.4 Å². The third kappa shape index (κ3) is 2.51. The molecule has 0 radical (unpaired) electrons. The third-order valence-corrected chi connectivity index (χ3v) is 8.19. The Hall–Kier alpha value is -2.07. The van der Waals surface area contributed by atoms with E-state index >= 15 is 8.78 Å². The van der Waals surface area contributed by atoms with Crippen molar-refractivity contribution in [3.8, 4) is 6.07 Å². The van der Waals surface area contributed by atoms with E-state index in [0.29, 0.717) is 12.8 Å². The van der Waals surface area contributed by atoms with E-state index in [9.17, 15) is 14.7 Å². The molecule has 3 saturated carbocycles. The lowest BCUT2D eigenvalue weighted by atomic mass is 9.45. The van der Waals surface area contributed by atoms with E-state index in [0.717, 1.165) is 0 Å². The molecule has 0 spiro atoms. The fraction of sp³-hybridized carbons (Fsp3) is 0.682. The maximum absolute atomic E-state index is 16.8. The number of hydrogen-bond donors (Lipinski definition) is 1. The average Bonchev–Trinajstić information content (AvgIpc) is 3.00. The number of nitriles is 1. The molecular formula is C22H25F2NO4. The number of aliphatic hydroxyl groups is 1. The van der Waals surface area contributed by atoms with Crippen molar-refractivity contribution in [2.45, 2.75) is 57.5 Å². The zero-order chi connectivity index (χ0) is 21.2. The summed E-state index contributed by atoms with van der Waals surface area (Å²) in [4.78, 5) is 24.3. The second-order valence-electron chi connectivity index (χ2n) is 9.34. The summed E-state index contributed by atoms with van der Waals surface area (Å²) in [6.45, 7) is 3.04. The van der Waals surface area contributed by atoms with Gasteiger partial charge in [-0.15, -0.1) is 0 Å². The summed E-state index contributed by atoms with van der Waals surface area (Å²) >= 11 is 0. The number of alkyl halides is 2. The average molecular weight is 405 g/mol. The van der Waals surface area contributed by atoms with E-state index in [1.807, 2.05) is 6.92 Å². The number of aliphatic hydroxyl groups excluding tert-OH is 1. The molecule has 156 valence electrons. The Morgan fingerprint density at radius 3 is 2.79 bits per heavy atom. The van der Waals surface area contributed by atoms with Gasteiger partial charge >= 0.3 is 5.97 Å². The number of ether oxygens (including phenoxy) is 1. The van der Waals surface area contributed by atoms with Gasteiger partial charge in [-0.05, 0) is 61.7 Å². The highest BCUT2D eigenvalue weighted by molar-refractivity contribution is 6.01. The van der Waals surface area contributed by atoms with Crippen LogP contribution < -0.4 is 0 Å². The van der Waals surface area contributed by atoms with Crippen LogP contribution in [0.15, 0.2) is 23.8 Å². The van der Waals surface area contributed by atoms with Gasteiger partial charge in [-0.2, -0.15) is 5.26 Å². The molecule has 0 aromatic rings. The molecule has 0 saturated heterocycles. The first-order valence-electron chi connectivity index (χ1n) is 10.1.